The Balaban J connectivity index is 1.56. The van der Waals surface area contributed by atoms with Gasteiger partial charge in [0.25, 0.3) is 0 Å². The van der Waals surface area contributed by atoms with E-state index in [1.54, 1.807) is 0 Å². The normalized spacial score (nSPS) is 29.0. The Kier molecular flexibility index (Phi) is 7.99. The third-order valence-corrected chi connectivity index (χ3v) is 5.95. The summed E-state index contributed by atoms with van der Waals surface area (Å²) >= 11 is 0. The predicted octanol–water partition coefficient (Wildman–Crippen LogP) is 2.69. The maximum atomic E-state index is 3.83. The first-order valence-corrected chi connectivity index (χ1v) is 10.3. The zero-order chi connectivity index (χ0) is 17.7. The minimum absolute atomic E-state index is 0.616. The van der Waals surface area contributed by atoms with Gasteiger partial charge in [-0.15, -0.1) is 0 Å². The molecule has 1 heterocycles. The van der Waals surface area contributed by atoms with Crippen molar-refractivity contribution in [3.8, 4) is 0 Å². The molecule has 0 bridgehead atoms. The summed E-state index contributed by atoms with van der Waals surface area (Å²) in [6.07, 6.45) is 5.21. The smallest absolute Gasteiger partial charge is 0.0113 e. The van der Waals surface area contributed by atoms with Crippen molar-refractivity contribution >= 4 is 0 Å². The first kappa shape index (κ1) is 20.2. The van der Waals surface area contributed by atoms with Crippen molar-refractivity contribution in [1.82, 2.24) is 20.4 Å². The average molecular weight is 339 g/mol. The van der Waals surface area contributed by atoms with Crippen LogP contribution in [-0.2, 0) is 0 Å². The summed E-state index contributed by atoms with van der Waals surface area (Å²) in [6, 6.07) is 4.16. The van der Waals surface area contributed by atoms with Crippen LogP contribution in [0.3, 0.4) is 0 Å². The first-order valence-electron chi connectivity index (χ1n) is 10.3. The quantitative estimate of drug-likeness (QED) is 0.677. The lowest BCUT2D eigenvalue weighted by Crippen LogP contribution is -2.54. The molecule has 24 heavy (non-hydrogen) atoms. The van der Waals surface area contributed by atoms with Gasteiger partial charge in [-0.05, 0) is 53.4 Å². The maximum absolute atomic E-state index is 3.83. The molecular formula is C20H42N4. The summed E-state index contributed by atoms with van der Waals surface area (Å²) < 4.78 is 0. The van der Waals surface area contributed by atoms with Crippen molar-refractivity contribution in [3.05, 3.63) is 0 Å². The highest BCUT2D eigenvalue weighted by Gasteiger charge is 2.30. The highest BCUT2D eigenvalue weighted by Crippen LogP contribution is 2.22. The van der Waals surface area contributed by atoms with Crippen LogP contribution >= 0.6 is 0 Å². The summed E-state index contributed by atoms with van der Waals surface area (Å²) in [5.74, 6) is 0. The van der Waals surface area contributed by atoms with Gasteiger partial charge in [0.05, 0.1) is 0 Å². The monoisotopic (exact) mass is 338 g/mol. The summed E-state index contributed by atoms with van der Waals surface area (Å²) in [4.78, 5) is 5.29. The molecule has 4 nitrogen and oxygen atoms in total. The van der Waals surface area contributed by atoms with Crippen molar-refractivity contribution in [3.63, 3.8) is 0 Å². The van der Waals surface area contributed by atoms with Crippen LogP contribution in [0.4, 0.5) is 0 Å². The van der Waals surface area contributed by atoms with E-state index in [1.165, 1.54) is 51.9 Å². The lowest BCUT2D eigenvalue weighted by Gasteiger charge is -2.41. The number of rotatable bonds is 9. The Morgan fingerprint density at radius 2 is 1.29 bits per heavy atom. The molecule has 1 aliphatic carbocycles. The van der Waals surface area contributed by atoms with Crippen LogP contribution in [0.5, 0.6) is 0 Å². The van der Waals surface area contributed by atoms with Crippen LogP contribution in [0.2, 0.25) is 0 Å². The molecule has 2 unspecified atom stereocenters. The van der Waals surface area contributed by atoms with Gasteiger partial charge in [0, 0.05) is 62.4 Å². The minimum Gasteiger partial charge on any atom is -0.312 e. The number of hydrogen-bond acceptors (Lipinski definition) is 4. The molecule has 2 rings (SSSR count). The molecule has 1 saturated heterocycles. The second-order valence-corrected chi connectivity index (χ2v) is 8.85. The highest BCUT2D eigenvalue weighted by molar-refractivity contribution is 4.92. The van der Waals surface area contributed by atoms with Gasteiger partial charge in [0.1, 0.15) is 0 Å². The standard InChI is InChI=1S/C20H42N4/c1-15(2)21-19-13-20(14-19)22-17(5)7-8-18(6)24-11-9-23(10-12-24)16(3)4/h15-22H,7-14H2,1-6H3. The third kappa shape index (κ3) is 6.29. The Hall–Kier alpha value is -0.160. The molecule has 142 valence electrons. The third-order valence-electron chi connectivity index (χ3n) is 5.95. The van der Waals surface area contributed by atoms with Crippen LogP contribution in [0.25, 0.3) is 0 Å². The number of piperazine rings is 1. The molecule has 2 N–H and O–H groups in total. The SMILES string of the molecule is CC(C)NC1CC(NC(C)CCC(C)N2CCN(C(C)C)CC2)C1. The average Bonchev–Trinajstić information content (AvgIpc) is 2.50. The topological polar surface area (TPSA) is 30.5 Å². The molecule has 2 aliphatic rings. The van der Waals surface area contributed by atoms with Crippen LogP contribution in [0.1, 0.15) is 67.2 Å². The summed E-state index contributed by atoms with van der Waals surface area (Å²) in [7, 11) is 0. The molecular weight excluding hydrogens is 296 g/mol. The van der Waals surface area contributed by atoms with E-state index >= 15 is 0 Å². The van der Waals surface area contributed by atoms with E-state index in [4.69, 9.17) is 0 Å². The zero-order valence-corrected chi connectivity index (χ0v) is 17.0. The Labute approximate surface area is 150 Å². The van der Waals surface area contributed by atoms with E-state index in [2.05, 4.69) is 62.0 Å². The fourth-order valence-corrected chi connectivity index (χ4v) is 4.22. The Bertz CT molecular complexity index is 344. The van der Waals surface area contributed by atoms with Crippen molar-refractivity contribution in [2.75, 3.05) is 26.2 Å². The van der Waals surface area contributed by atoms with Gasteiger partial charge in [-0.3, -0.25) is 9.80 Å². The van der Waals surface area contributed by atoms with Gasteiger partial charge in [0.2, 0.25) is 0 Å². The molecule has 4 heteroatoms. The van der Waals surface area contributed by atoms with E-state index in [-0.39, 0.29) is 0 Å². The second-order valence-electron chi connectivity index (χ2n) is 8.85. The predicted molar refractivity (Wildman–Crippen MR) is 105 cm³/mol. The molecule has 0 radical (unpaired) electrons. The van der Waals surface area contributed by atoms with Crippen LogP contribution in [0, 0.1) is 0 Å². The lowest BCUT2D eigenvalue weighted by atomic mass is 9.85. The molecule has 0 amide bonds. The molecule has 2 fully saturated rings. The largest absolute Gasteiger partial charge is 0.312 e. The second kappa shape index (κ2) is 9.51. The van der Waals surface area contributed by atoms with Crippen molar-refractivity contribution in [2.24, 2.45) is 0 Å². The summed E-state index contributed by atoms with van der Waals surface area (Å²) in [5, 5.41) is 7.47. The van der Waals surface area contributed by atoms with Crippen LogP contribution in [-0.4, -0.2) is 72.2 Å². The number of hydrogen-bond donors (Lipinski definition) is 2. The van der Waals surface area contributed by atoms with Crippen LogP contribution < -0.4 is 10.6 Å². The van der Waals surface area contributed by atoms with Gasteiger partial charge >= 0.3 is 0 Å². The van der Waals surface area contributed by atoms with E-state index < -0.39 is 0 Å². The molecule has 2 atom stereocenters. The molecule has 0 spiro atoms. The van der Waals surface area contributed by atoms with E-state index in [1.807, 2.05) is 0 Å². The summed E-state index contributed by atoms with van der Waals surface area (Å²) in [6.45, 7) is 18.9. The van der Waals surface area contributed by atoms with Crippen molar-refractivity contribution in [2.45, 2.75) is 103 Å². The van der Waals surface area contributed by atoms with Gasteiger partial charge in [-0.2, -0.15) is 0 Å². The van der Waals surface area contributed by atoms with E-state index in [0.717, 1.165) is 18.1 Å². The van der Waals surface area contributed by atoms with Crippen molar-refractivity contribution in [1.29, 1.82) is 0 Å². The molecule has 1 saturated carbocycles. The molecule has 1 aliphatic heterocycles. The number of nitrogens with zero attached hydrogens (tertiary/aromatic N) is 2. The molecule has 0 aromatic carbocycles. The molecule has 0 aromatic heterocycles. The fraction of sp³-hybridized carbons (Fsp3) is 1.00. The zero-order valence-electron chi connectivity index (χ0n) is 17.0. The van der Waals surface area contributed by atoms with Gasteiger partial charge in [0.15, 0.2) is 0 Å². The van der Waals surface area contributed by atoms with Crippen molar-refractivity contribution < 1.29 is 0 Å². The van der Waals surface area contributed by atoms with Gasteiger partial charge < -0.3 is 10.6 Å². The number of nitrogens with one attached hydrogen (secondary N) is 2. The fourth-order valence-electron chi connectivity index (χ4n) is 4.22. The first-order chi connectivity index (χ1) is 11.3. The van der Waals surface area contributed by atoms with Gasteiger partial charge in [-0.25, -0.2) is 0 Å². The van der Waals surface area contributed by atoms with E-state index in [9.17, 15) is 0 Å². The Morgan fingerprint density at radius 3 is 1.83 bits per heavy atom. The maximum Gasteiger partial charge on any atom is 0.0113 e. The Morgan fingerprint density at radius 1 is 0.750 bits per heavy atom. The summed E-state index contributed by atoms with van der Waals surface area (Å²) in [5.41, 5.74) is 0. The lowest BCUT2D eigenvalue weighted by molar-refractivity contribution is 0.0787. The van der Waals surface area contributed by atoms with E-state index in [0.29, 0.717) is 18.1 Å². The van der Waals surface area contributed by atoms with Crippen LogP contribution in [0.15, 0.2) is 0 Å². The minimum atomic E-state index is 0.616. The molecule has 0 aromatic rings. The van der Waals surface area contributed by atoms with Gasteiger partial charge in [-0.1, -0.05) is 13.8 Å². The highest BCUT2D eigenvalue weighted by atomic mass is 15.3.